The quantitative estimate of drug-likeness (QED) is 0.779. The first kappa shape index (κ1) is 12.2. The van der Waals surface area contributed by atoms with Crippen LogP contribution in [0.25, 0.3) is 0 Å². The van der Waals surface area contributed by atoms with Crippen LogP contribution in [0.3, 0.4) is 0 Å². The topological polar surface area (TPSA) is 68.3 Å². The SMILES string of the molecule is CC(C)(C)OC(=O)Nc1cncc(C=O)c1. The standard InChI is InChI=1S/C11H14N2O3/c1-11(2,3)16-10(15)13-9-4-8(7-14)5-12-6-9/h4-7H,1-3H3,(H,13,15). The summed E-state index contributed by atoms with van der Waals surface area (Å²) < 4.78 is 5.05. The lowest BCUT2D eigenvalue weighted by Gasteiger charge is -2.19. The number of amides is 1. The third-order valence-corrected chi connectivity index (χ3v) is 1.54. The molecular weight excluding hydrogens is 208 g/mol. The Labute approximate surface area is 93.8 Å². The van der Waals surface area contributed by atoms with Crippen LogP contribution in [0.2, 0.25) is 0 Å². The Kier molecular flexibility index (Phi) is 3.60. The molecule has 0 fully saturated rings. The van der Waals surface area contributed by atoms with Crippen molar-refractivity contribution < 1.29 is 14.3 Å². The van der Waals surface area contributed by atoms with Gasteiger partial charge >= 0.3 is 6.09 Å². The number of carbonyl (C=O) groups is 2. The van der Waals surface area contributed by atoms with Crippen molar-refractivity contribution in [2.24, 2.45) is 0 Å². The van der Waals surface area contributed by atoms with E-state index >= 15 is 0 Å². The minimum absolute atomic E-state index is 0.397. The molecule has 0 aliphatic carbocycles. The van der Waals surface area contributed by atoms with Gasteiger partial charge in [0.2, 0.25) is 0 Å². The van der Waals surface area contributed by atoms with Gasteiger partial charge in [0.15, 0.2) is 6.29 Å². The molecule has 1 amide bonds. The van der Waals surface area contributed by atoms with E-state index in [9.17, 15) is 9.59 Å². The maximum Gasteiger partial charge on any atom is 0.412 e. The number of aromatic nitrogens is 1. The van der Waals surface area contributed by atoms with Crippen LogP contribution in [0.1, 0.15) is 31.1 Å². The molecule has 0 atom stereocenters. The molecule has 0 radical (unpaired) electrons. The van der Waals surface area contributed by atoms with Crippen LogP contribution < -0.4 is 5.32 Å². The van der Waals surface area contributed by atoms with Crippen LogP contribution in [0.4, 0.5) is 10.5 Å². The largest absolute Gasteiger partial charge is 0.444 e. The Hall–Kier alpha value is -1.91. The highest BCUT2D eigenvalue weighted by Crippen LogP contribution is 2.11. The number of anilines is 1. The number of aldehydes is 1. The van der Waals surface area contributed by atoms with Crippen LogP contribution in [-0.2, 0) is 4.74 Å². The fourth-order valence-electron chi connectivity index (χ4n) is 1.01. The highest BCUT2D eigenvalue weighted by atomic mass is 16.6. The zero-order valence-electron chi connectivity index (χ0n) is 9.48. The van der Waals surface area contributed by atoms with E-state index in [1.807, 2.05) is 0 Å². The van der Waals surface area contributed by atoms with Gasteiger partial charge in [-0.2, -0.15) is 0 Å². The average molecular weight is 222 g/mol. The smallest absolute Gasteiger partial charge is 0.412 e. The first-order valence-electron chi connectivity index (χ1n) is 4.81. The molecule has 1 N–H and O–H groups in total. The van der Waals surface area contributed by atoms with Gasteiger partial charge in [-0.25, -0.2) is 4.79 Å². The second-order valence-electron chi connectivity index (χ2n) is 4.25. The normalized spacial score (nSPS) is 10.7. The molecule has 5 nitrogen and oxygen atoms in total. The number of hydrogen-bond acceptors (Lipinski definition) is 4. The van der Waals surface area contributed by atoms with Crippen LogP contribution in [-0.4, -0.2) is 23.0 Å². The summed E-state index contributed by atoms with van der Waals surface area (Å²) in [7, 11) is 0. The van der Waals surface area contributed by atoms with Crippen molar-refractivity contribution in [3.63, 3.8) is 0 Å². The minimum Gasteiger partial charge on any atom is -0.444 e. The van der Waals surface area contributed by atoms with Crippen LogP contribution in [0, 0.1) is 0 Å². The lowest BCUT2D eigenvalue weighted by Crippen LogP contribution is -2.27. The molecule has 5 heteroatoms. The van der Waals surface area contributed by atoms with Crippen molar-refractivity contribution in [1.29, 1.82) is 0 Å². The number of ether oxygens (including phenoxy) is 1. The monoisotopic (exact) mass is 222 g/mol. The molecule has 16 heavy (non-hydrogen) atoms. The second-order valence-corrected chi connectivity index (χ2v) is 4.25. The van der Waals surface area contributed by atoms with E-state index in [4.69, 9.17) is 4.74 Å². The van der Waals surface area contributed by atoms with Gasteiger partial charge in [0, 0.05) is 11.8 Å². The number of nitrogens with one attached hydrogen (secondary N) is 1. The number of hydrogen-bond donors (Lipinski definition) is 1. The number of nitrogens with zero attached hydrogens (tertiary/aromatic N) is 1. The maximum absolute atomic E-state index is 11.4. The van der Waals surface area contributed by atoms with E-state index in [2.05, 4.69) is 10.3 Å². The summed E-state index contributed by atoms with van der Waals surface area (Å²) in [6, 6.07) is 1.52. The average Bonchev–Trinajstić information content (AvgIpc) is 2.15. The van der Waals surface area contributed by atoms with Gasteiger partial charge in [0.1, 0.15) is 5.60 Å². The molecule has 0 spiro atoms. The number of carbonyl (C=O) groups excluding carboxylic acids is 2. The summed E-state index contributed by atoms with van der Waals surface area (Å²) in [5.74, 6) is 0. The third-order valence-electron chi connectivity index (χ3n) is 1.54. The highest BCUT2D eigenvalue weighted by Gasteiger charge is 2.16. The van der Waals surface area contributed by atoms with E-state index in [1.165, 1.54) is 18.5 Å². The van der Waals surface area contributed by atoms with Crippen LogP contribution in [0.5, 0.6) is 0 Å². The Bertz CT molecular complexity index is 396. The van der Waals surface area contributed by atoms with Gasteiger partial charge < -0.3 is 4.74 Å². The third kappa shape index (κ3) is 4.08. The fourth-order valence-corrected chi connectivity index (χ4v) is 1.01. The van der Waals surface area contributed by atoms with Gasteiger partial charge in [0.05, 0.1) is 11.9 Å². The fraction of sp³-hybridized carbons (Fsp3) is 0.364. The molecule has 0 aliphatic heterocycles. The van der Waals surface area contributed by atoms with E-state index in [-0.39, 0.29) is 0 Å². The van der Waals surface area contributed by atoms with E-state index in [0.717, 1.165) is 0 Å². The molecule has 1 rings (SSSR count). The van der Waals surface area contributed by atoms with Gasteiger partial charge in [-0.05, 0) is 26.8 Å². The van der Waals surface area contributed by atoms with Crippen molar-refractivity contribution in [3.8, 4) is 0 Å². The molecule has 0 saturated heterocycles. The summed E-state index contributed by atoms with van der Waals surface area (Å²) in [5, 5.41) is 2.49. The lowest BCUT2D eigenvalue weighted by atomic mass is 10.2. The summed E-state index contributed by atoms with van der Waals surface area (Å²) in [6.45, 7) is 5.31. The minimum atomic E-state index is -0.572. The van der Waals surface area contributed by atoms with Gasteiger partial charge in [-0.15, -0.1) is 0 Å². The van der Waals surface area contributed by atoms with E-state index in [0.29, 0.717) is 17.5 Å². The summed E-state index contributed by atoms with van der Waals surface area (Å²) in [5.41, 5.74) is 0.271. The van der Waals surface area contributed by atoms with Crippen LogP contribution >= 0.6 is 0 Å². The lowest BCUT2D eigenvalue weighted by molar-refractivity contribution is 0.0635. The van der Waals surface area contributed by atoms with Crippen LogP contribution in [0.15, 0.2) is 18.5 Å². The Morgan fingerprint density at radius 2 is 2.12 bits per heavy atom. The van der Waals surface area contributed by atoms with Crippen molar-refractivity contribution in [1.82, 2.24) is 4.98 Å². The Morgan fingerprint density at radius 1 is 1.44 bits per heavy atom. The predicted molar refractivity (Wildman–Crippen MR) is 59.5 cm³/mol. The van der Waals surface area contributed by atoms with E-state index in [1.54, 1.807) is 20.8 Å². The van der Waals surface area contributed by atoms with Gasteiger partial charge in [-0.3, -0.25) is 15.1 Å². The number of pyridine rings is 1. The highest BCUT2D eigenvalue weighted by molar-refractivity contribution is 5.86. The zero-order chi connectivity index (χ0) is 12.2. The summed E-state index contributed by atoms with van der Waals surface area (Å²) in [4.78, 5) is 25.7. The predicted octanol–water partition coefficient (Wildman–Crippen LogP) is 2.24. The molecular formula is C11H14N2O3. The Balaban J connectivity index is 2.66. The molecule has 1 aromatic heterocycles. The maximum atomic E-state index is 11.4. The molecule has 0 saturated carbocycles. The Morgan fingerprint density at radius 3 is 2.69 bits per heavy atom. The first-order chi connectivity index (χ1) is 7.40. The molecule has 0 aliphatic rings. The number of rotatable bonds is 2. The van der Waals surface area contributed by atoms with E-state index < -0.39 is 11.7 Å². The molecule has 0 bridgehead atoms. The summed E-state index contributed by atoms with van der Waals surface area (Å²) >= 11 is 0. The molecule has 0 unspecified atom stereocenters. The summed E-state index contributed by atoms with van der Waals surface area (Å²) in [6.07, 6.45) is 2.94. The van der Waals surface area contributed by atoms with Crippen molar-refractivity contribution in [2.75, 3.05) is 5.32 Å². The van der Waals surface area contributed by atoms with Gasteiger partial charge in [0.25, 0.3) is 0 Å². The second kappa shape index (κ2) is 4.74. The molecule has 0 aromatic carbocycles. The van der Waals surface area contributed by atoms with Crippen molar-refractivity contribution >= 4 is 18.1 Å². The van der Waals surface area contributed by atoms with Crippen molar-refractivity contribution in [2.45, 2.75) is 26.4 Å². The van der Waals surface area contributed by atoms with Crippen molar-refractivity contribution in [3.05, 3.63) is 24.0 Å². The molecule has 86 valence electrons. The van der Waals surface area contributed by atoms with Gasteiger partial charge in [-0.1, -0.05) is 0 Å². The molecule has 1 aromatic rings. The zero-order valence-corrected chi connectivity index (χ0v) is 9.48. The first-order valence-corrected chi connectivity index (χ1v) is 4.81. The molecule has 1 heterocycles.